The highest BCUT2D eigenvalue weighted by atomic mass is 16.6. The zero-order valence-electron chi connectivity index (χ0n) is 18.2. The van der Waals surface area contributed by atoms with E-state index in [1.54, 1.807) is 12.2 Å². The molecule has 2 aromatic rings. The van der Waals surface area contributed by atoms with E-state index in [1.165, 1.54) is 0 Å². The van der Waals surface area contributed by atoms with E-state index in [4.69, 9.17) is 18.9 Å². The Morgan fingerprint density at radius 3 is 1.44 bits per heavy atom. The van der Waals surface area contributed by atoms with Crippen molar-refractivity contribution in [3.63, 3.8) is 0 Å². The minimum Gasteiger partial charge on any atom is -0.387 e. The van der Waals surface area contributed by atoms with Gasteiger partial charge in [0.2, 0.25) is 0 Å². The minimum atomic E-state index is -1.22. The molecule has 172 valence electrons. The molecule has 2 aromatic carbocycles. The van der Waals surface area contributed by atoms with Crippen molar-refractivity contribution in [3.8, 4) is 0 Å². The molecule has 0 aromatic heterocycles. The van der Waals surface area contributed by atoms with Crippen LogP contribution in [0.2, 0.25) is 0 Å². The van der Waals surface area contributed by atoms with Crippen molar-refractivity contribution in [2.45, 2.75) is 49.8 Å². The topological polar surface area (TPSA) is 77.4 Å². The van der Waals surface area contributed by atoms with Gasteiger partial charge in [-0.05, 0) is 11.1 Å². The van der Waals surface area contributed by atoms with E-state index in [-0.39, 0.29) is 19.8 Å². The van der Waals surface area contributed by atoms with Crippen molar-refractivity contribution in [3.05, 3.63) is 97.1 Å². The number of hydrogen-bond acceptors (Lipinski definition) is 6. The van der Waals surface area contributed by atoms with Crippen molar-refractivity contribution in [1.29, 1.82) is 0 Å². The molecule has 32 heavy (non-hydrogen) atoms. The van der Waals surface area contributed by atoms with Crippen molar-refractivity contribution in [2.75, 3.05) is 13.2 Å². The van der Waals surface area contributed by atoms with Crippen LogP contribution in [0, 0.1) is 0 Å². The lowest BCUT2D eigenvalue weighted by atomic mass is 9.84. The highest BCUT2D eigenvalue weighted by Gasteiger charge is 2.52. The minimum absolute atomic E-state index is 0.198. The Hall–Kier alpha value is -2.32. The van der Waals surface area contributed by atoms with Crippen molar-refractivity contribution >= 4 is 0 Å². The number of rotatable bonds is 12. The van der Waals surface area contributed by atoms with Gasteiger partial charge in [0.25, 0.3) is 0 Å². The van der Waals surface area contributed by atoms with Crippen LogP contribution in [-0.2, 0) is 32.2 Å². The Bertz CT molecular complexity index is 812. The predicted octanol–water partition coefficient (Wildman–Crippen LogP) is 3.04. The first kappa shape index (κ1) is 24.3. The molecule has 1 aliphatic rings. The number of aliphatic hydroxyl groups is 2. The van der Waals surface area contributed by atoms with E-state index >= 15 is 0 Å². The second kappa shape index (κ2) is 12.6. The summed E-state index contributed by atoms with van der Waals surface area (Å²) in [5.41, 5.74) is 1.92. The van der Waals surface area contributed by atoms with Gasteiger partial charge in [-0.2, -0.15) is 0 Å². The standard InChI is InChI=1S/C26H32O6/c1-3-15-29-23-21(27)22(28)24(31-17-19-11-7-5-8-12-19)25(30-16-4-2)26(23)32-18-20-13-9-6-10-14-20/h3-14,21-28H,1-2,15-18H2/t21-,22-,23+,24-,25-,26-/m1/s1. The van der Waals surface area contributed by atoms with Gasteiger partial charge in [-0.3, -0.25) is 0 Å². The molecule has 0 unspecified atom stereocenters. The molecule has 0 aliphatic heterocycles. The van der Waals surface area contributed by atoms with Crippen LogP contribution in [0.1, 0.15) is 11.1 Å². The molecule has 6 atom stereocenters. The maximum atomic E-state index is 10.9. The first-order valence-corrected chi connectivity index (χ1v) is 10.8. The molecule has 1 aliphatic carbocycles. The molecule has 6 heteroatoms. The van der Waals surface area contributed by atoms with Crippen molar-refractivity contribution in [2.24, 2.45) is 0 Å². The van der Waals surface area contributed by atoms with E-state index in [9.17, 15) is 10.2 Å². The molecular formula is C26H32O6. The number of hydrogen-bond donors (Lipinski definition) is 2. The molecule has 0 saturated heterocycles. The number of benzene rings is 2. The molecule has 1 fully saturated rings. The Kier molecular flexibility index (Phi) is 9.62. The van der Waals surface area contributed by atoms with Crippen molar-refractivity contribution < 1.29 is 29.2 Å². The van der Waals surface area contributed by atoms with Crippen molar-refractivity contribution in [1.82, 2.24) is 0 Å². The van der Waals surface area contributed by atoms with E-state index < -0.39 is 36.6 Å². The summed E-state index contributed by atoms with van der Waals surface area (Å²) in [6, 6.07) is 19.3. The maximum absolute atomic E-state index is 10.9. The zero-order chi connectivity index (χ0) is 22.8. The molecule has 1 saturated carbocycles. The molecule has 0 radical (unpaired) electrons. The Balaban J connectivity index is 1.83. The van der Waals surface area contributed by atoms with Crippen LogP contribution < -0.4 is 0 Å². The monoisotopic (exact) mass is 440 g/mol. The molecule has 3 rings (SSSR count). The summed E-state index contributed by atoms with van der Waals surface area (Å²) in [5.74, 6) is 0. The normalized spacial score (nSPS) is 27.7. The Morgan fingerprint density at radius 1 is 0.594 bits per heavy atom. The van der Waals surface area contributed by atoms with Gasteiger partial charge in [0.15, 0.2) is 0 Å². The molecule has 0 spiro atoms. The van der Waals surface area contributed by atoms with E-state index in [2.05, 4.69) is 13.2 Å². The first-order valence-electron chi connectivity index (χ1n) is 10.8. The highest BCUT2D eigenvalue weighted by Crippen LogP contribution is 2.31. The van der Waals surface area contributed by atoms with Gasteiger partial charge >= 0.3 is 0 Å². The van der Waals surface area contributed by atoms with E-state index in [0.29, 0.717) is 6.61 Å². The zero-order valence-corrected chi connectivity index (χ0v) is 18.2. The fraction of sp³-hybridized carbons (Fsp3) is 0.385. The average Bonchev–Trinajstić information content (AvgIpc) is 2.83. The van der Waals surface area contributed by atoms with E-state index in [0.717, 1.165) is 11.1 Å². The van der Waals surface area contributed by atoms with E-state index in [1.807, 2.05) is 60.7 Å². The van der Waals surface area contributed by atoms with Gasteiger partial charge in [-0.15, -0.1) is 13.2 Å². The quantitative estimate of drug-likeness (QED) is 0.494. The SMILES string of the molecule is C=CCO[C@H]1[C@H](OCc2ccccc2)[C@@H](OCC=C)[C@H](O)[C@@H](O)[C@H]1OCc1ccccc1. The summed E-state index contributed by atoms with van der Waals surface area (Å²) < 4.78 is 24.1. The van der Waals surface area contributed by atoms with Gasteiger partial charge in [-0.25, -0.2) is 0 Å². The summed E-state index contributed by atoms with van der Waals surface area (Å²) in [4.78, 5) is 0. The molecule has 0 amide bonds. The van der Waals surface area contributed by atoms with Gasteiger partial charge in [0.05, 0.1) is 26.4 Å². The predicted molar refractivity (Wildman–Crippen MR) is 122 cm³/mol. The molecule has 6 nitrogen and oxygen atoms in total. The summed E-state index contributed by atoms with van der Waals surface area (Å²) in [7, 11) is 0. The second-order valence-corrected chi connectivity index (χ2v) is 7.68. The smallest absolute Gasteiger partial charge is 0.116 e. The highest BCUT2D eigenvalue weighted by molar-refractivity contribution is 5.15. The van der Waals surface area contributed by atoms with Crippen LogP contribution in [-0.4, -0.2) is 60.1 Å². The fourth-order valence-corrected chi connectivity index (χ4v) is 3.81. The van der Waals surface area contributed by atoms with Crippen LogP contribution in [0.5, 0.6) is 0 Å². The van der Waals surface area contributed by atoms with Gasteiger partial charge in [0, 0.05) is 0 Å². The number of ether oxygens (including phenoxy) is 4. The van der Waals surface area contributed by atoms with Gasteiger partial charge in [-0.1, -0.05) is 72.8 Å². The summed E-state index contributed by atoms with van der Waals surface area (Å²) in [5, 5.41) is 21.8. The second-order valence-electron chi connectivity index (χ2n) is 7.68. The first-order chi connectivity index (χ1) is 15.7. The third kappa shape index (κ3) is 6.36. The number of aliphatic hydroxyl groups excluding tert-OH is 2. The van der Waals surface area contributed by atoms with Crippen LogP contribution in [0.15, 0.2) is 86.0 Å². The lowest BCUT2D eigenvalue weighted by Gasteiger charge is -2.46. The average molecular weight is 441 g/mol. The van der Waals surface area contributed by atoms with Crippen LogP contribution in [0.4, 0.5) is 0 Å². The third-order valence-electron chi connectivity index (χ3n) is 5.38. The molecule has 0 bridgehead atoms. The maximum Gasteiger partial charge on any atom is 0.116 e. The Morgan fingerprint density at radius 2 is 0.969 bits per heavy atom. The third-order valence-corrected chi connectivity index (χ3v) is 5.38. The van der Waals surface area contributed by atoms with Crippen LogP contribution in [0.25, 0.3) is 0 Å². The molecule has 2 N–H and O–H groups in total. The van der Waals surface area contributed by atoms with Gasteiger partial charge in [0.1, 0.15) is 36.6 Å². The molecular weight excluding hydrogens is 408 g/mol. The lowest BCUT2D eigenvalue weighted by Crippen LogP contribution is -2.66. The lowest BCUT2D eigenvalue weighted by molar-refractivity contribution is -0.266. The summed E-state index contributed by atoms with van der Waals surface area (Å²) >= 11 is 0. The van der Waals surface area contributed by atoms with Crippen LogP contribution in [0.3, 0.4) is 0 Å². The largest absolute Gasteiger partial charge is 0.387 e. The summed E-state index contributed by atoms with van der Waals surface area (Å²) in [6.07, 6.45) is -2.25. The van der Waals surface area contributed by atoms with Gasteiger partial charge < -0.3 is 29.2 Å². The molecule has 0 heterocycles. The Labute approximate surface area is 189 Å². The fourth-order valence-electron chi connectivity index (χ4n) is 3.81. The summed E-state index contributed by atoms with van der Waals surface area (Å²) in [6.45, 7) is 8.38. The van der Waals surface area contributed by atoms with Crippen LogP contribution >= 0.6 is 0 Å².